The first kappa shape index (κ1) is 18.5. The highest BCUT2D eigenvalue weighted by Gasteiger charge is 2.15. The number of rotatable bonds is 9. The molecule has 0 spiro atoms. The molecule has 0 saturated heterocycles. The van der Waals surface area contributed by atoms with E-state index >= 15 is 0 Å². The van der Waals surface area contributed by atoms with Crippen LogP contribution in [0.4, 0.5) is 10.5 Å². The van der Waals surface area contributed by atoms with Crippen LogP contribution in [-0.2, 0) is 9.47 Å². The van der Waals surface area contributed by atoms with Gasteiger partial charge < -0.3 is 19.7 Å². The zero-order valence-electron chi connectivity index (χ0n) is 14.1. The number of carbonyl (C=O) groups excluding carboxylic acids is 1. The highest BCUT2D eigenvalue weighted by Crippen LogP contribution is 2.19. The molecule has 0 aliphatic carbocycles. The fourth-order valence-corrected chi connectivity index (χ4v) is 2.15. The summed E-state index contributed by atoms with van der Waals surface area (Å²) in [6.07, 6.45) is 0. The summed E-state index contributed by atoms with van der Waals surface area (Å²) in [5.74, 6) is 0. The molecule has 124 valence electrons. The molecule has 2 amide bonds. The fourth-order valence-electron chi connectivity index (χ4n) is 2.15. The number of amides is 2. The SMILES string of the molecule is CCOCCN(CCOCC)C(=O)Nc1c(C)cccc1C. The minimum atomic E-state index is -0.114. The molecule has 5 nitrogen and oxygen atoms in total. The predicted octanol–water partition coefficient (Wildman–Crippen LogP) is 3.21. The molecule has 22 heavy (non-hydrogen) atoms. The summed E-state index contributed by atoms with van der Waals surface area (Å²) in [5, 5.41) is 3.01. The van der Waals surface area contributed by atoms with Crippen molar-refractivity contribution in [2.45, 2.75) is 27.7 Å². The Morgan fingerprint density at radius 3 is 2.00 bits per heavy atom. The molecule has 0 bridgehead atoms. The third-order valence-corrected chi connectivity index (χ3v) is 3.42. The average molecular weight is 308 g/mol. The number of hydrogen-bond acceptors (Lipinski definition) is 3. The summed E-state index contributed by atoms with van der Waals surface area (Å²) in [4.78, 5) is 14.2. The second kappa shape index (κ2) is 10.2. The predicted molar refractivity (Wildman–Crippen MR) is 89.5 cm³/mol. The quantitative estimate of drug-likeness (QED) is 0.713. The van der Waals surface area contributed by atoms with Crippen LogP contribution in [0.25, 0.3) is 0 Å². The van der Waals surface area contributed by atoms with E-state index in [4.69, 9.17) is 9.47 Å². The van der Waals surface area contributed by atoms with Crippen molar-refractivity contribution >= 4 is 11.7 Å². The molecular formula is C17H28N2O3. The number of aryl methyl sites for hydroxylation is 2. The zero-order valence-corrected chi connectivity index (χ0v) is 14.1. The van der Waals surface area contributed by atoms with E-state index < -0.39 is 0 Å². The van der Waals surface area contributed by atoms with E-state index in [1.54, 1.807) is 4.90 Å². The van der Waals surface area contributed by atoms with Crippen LogP contribution in [0.5, 0.6) is 0 Å². The number of nitrogens with one attached hydrogen (secondary N) is 1. The zero-order chi connectivity index (χ0) is 16.4. The molecule has 0 unspecified atom stereocenters. The monoisotopic (exact) mass is 308 g/mol. The minimum Gasteiger partial charge on any atom is -0.380 e. The van der Waals surface area contributed by atoms with E-state index in [9.17, 15) is 4.79 Å². The van der Waals surface area contributed by atoms with Gasteiger partial charge in [0.2, 0.25) is 0 Å². The van der Waals surface area contributed by atoms with Crippen LogP contribution in [0, 0.1) is 13.8 Å². The van der Waals surface area contributed by atoms with Crippen LogP contribution >= 0.6 is 0 Å². The summed E-state index contributed by atoms with van der Waals surface area (Å²) < 4.78 is 10.7. The van der Waals surface area contributed by atoms with Crippen molar-refractivity contribution in [1.82, 2.24) is 4.90 Å². The number of nitrogens with zero attached hydrogens (tertiary/aromatic N) is 1. The maximum Gasteiger partial charge on any atom is 0.322 e. The lowest BCUT2D eigenvalue weighted by atomic mass is 10.1. The molecule has 1 aromatic carbocycles. The number of benzene rings is 1. The van der Waals surface area contributed by atoms with Gasteiger partial charge in [-0.1, -0.05) is 18.2 Å². The van der Waals surface area contributed by atoms with Gasteiger partial charge in [0.05, 0.1) is 13.2 Å². The highest BCUT2D eigenvalue weighted by molar-refractivity contribution is 5.91. The van der Waals surface area contributed by atoms with Gasteiger partial charge in [0.15, 0.2) is 0 Å². The average Bonchev–Trinajstić information content (AvgIpc) is 2.49. The molecule has 5 heteroatoms. The number of urea groups is 1. The van der Waals surface area contributed by atoms with Gasteiger partial charge in [-0.05, 0) is 38.8 Å². The van der Waals surface area contributed by atoms with Crippen molar-refractivity contribution in [3.63, 3.8) is 0 Å². The van der Waals surface area contributed by atoms with E-state index in [2.05, 4.69) is 5.32 Å². The van der Waals surface area contributed by atoms with E-state index in [-0.39, 0.29) is 6.03 Å². The Bertz CT molecular complexity index is 433. The van der Waals surface area contributed by atoms with Gasteiger partial charge >= 0.3 is 6.03 Å². The third kappa shape index (κ3) is 6.03. The van der Waals surface area contributed by atoms with E-state index in [0.29, 0.717) is 39.5 Å². The summed E-state index contributed by atoms with van der Waals surface area (Å²) in [7, 11) is 0. The van der Waals surface area contributed by atoms with Crippen molar-refractivity contribution in [3.8, 4) is 0 Å². The van der Waals surface area contributed by atoms with E-state index in [1.165, 1.54) is 0 Å². The standard InChI is InChI=1S/C17H28N2O3/c1-5-21-12-10-19(11-13-22-6-2)17(20)18-16-14(3)8-7-9-15(16)4/h7-9H,5-6,10-13H2,1-4H3,(H,18,20). The van der Waals surface area contributed by atoms with Crippen molar-refractivity contribution in [3.05, 3.63) is 29.3 Å². The maximum atomic E-state index is 12.5. The molecule has 1 rings (SSSR count). The third-order valence-electron chi connectivity index (χ3n) is 3.42. The van der Waals surface area contributed by atoms with Crippen LogP contribution in [-0.4, -0.2) is 50.4 Å². The van der Waals surface area contributed by atoms with Crippen molar-refractivity contribution < 1.29 is 14.3 Å². The van der Waals surface area contributed by atoms with E-state index in [0.717, 1.165) is 16.8 Å². The Balaban J connectivity index is 2.68. The highest BCUT2D eigenvalue weighted by atomic mass is 16.5. The number of hydrogen-bond donors (Lipinski definition) is 1. The second-order valence-corrected chi connectivity index (χ2v) is 5.08. The first-order valence-corrected chi connectivity index (χ1v) is 7.87. The molecular weight excluding hydrogens is 280 g/mol. The summed E-state index contributed by atoms with van der Waals surface area (Å²) in [6, 6.07) is 5.86. The lowest BCUT2D eigenvalue weighted by molar-refractivity contribution is 0.0957. The van der Waals surface area contributed by atoms with Crippen LogP contribution in [0.3, 0.4) is 0 Å². The van der Waals surface area contributed by atoms with E-state index in [1.807, 2.05) is 45.9 Å². The van der Waals surface area contributed by atoms with Crippen LogP contribution in [0.15, 0.2) is 18.2 Å². The van der Waals surface area contributed by atoms with Crippen LogP contribution < -0.4 is 5.32 Å². The summed E-state index contributed by atoms with van der Waals surface area (Å²) in [5.41, 5.74) is 3.00. The van der Waals surface area contributed by atoms with Gasteiger partial charge in [0, 0.05) is 32.0 Å². The summed E-state index contributed by atoms with van der Waals surface area (Å²) >= 11 is 0. The van der Waals surface area contributed by atoms with Gasteiger partial charge in [0.1, 0.15) is 0 Å². The van der Waals surface area contributed by atoms with Gasteiger partial charge in [0.25, 0.3) is 0 Å². The first-order chi connectivity index (χ1) is 10.6. The van der Waals surface area contributed by atoms with Gasteiger partial charge in [-0.25, -0.2) is 4.79 Å². The smallest absolute Gasteiger partial charge is 0.322 e. The normalized spacial score (nSPS) is 10.5. The molecule has 0 atom stereocenters. The van der Waals surface area contributed by atoms with Crippen LogP contribution in [0.1, 0.15) is 25.0 Å². The first-order valence-electron chi connectivity index (χ1n) is 7.87. The molecule has 0 aliphatic rings. The van der Waals surface area contributed by atoms with Crippen molar-refractivity contribution in [2.75, 3.05) is 44.8 Å². The number of ether oxygens (including phenoxy) is 2. The Morgan fingerprint density at radius 2 is 1.55 bits per heavy atom. The molecule has 1 N–H and O–H groups in total. The molecule has 0 saturated carbocycles. The lowest BCUT2D eigenvalue weighted by Crippen LogP contribution is -2.40. The minimum absolute atomic E-state index is 0.114. The molecule has 1 aromatic rings. The van der Waals surface area contributed by atoms with Gasteiger partial charge in [-0.15, -0.1) is 0 Å². The molecule has 0 aromatic heterocycles. The maximum absolute atomic E-state index is 12.5. The largest absolute Gasteiger partial charge is 0.380 e. The molecule has 0 fully saturated rings. The fraction of sp³-hybridized carbons (Fsp3) is 0.588. The van der Waals surface area contributed by atoms with Gasteiger partial charge in [-0.3, -0.25) is 0 Å². The topological polar surface area (TPSA) is 50.8 Å². The summed E-state index contributed by atoms with van der Waals surface area (Å²) in [6.45, 7) is 11.3. The Hall–Kier alpha value is -1.59. The Morgan fingerprint density at radius 1 is 1.05 bits per heavy atom. The van der Waals surface area contributed by atoms with Crippen LogP contribution in [0.2, 0.25) is 0 Å². The van der Waals surface area contributed by atoms with Crippen molar-refractivity contribution in [2.24, 2.45) is 0 Å². The number of anilines is 1. The molecule has 0 heterocycles. The number of para-hydroxylation sites is 1. The Kier molecular flexibility index (Phi) is 8.55. The second-order valence-electron chi connectivity index (χ2n) is 5.08. The van der Waals surface area contributed by atoms with Gasteiger partial charge in [-0.2, -0.15) is 0 Å². The molecule has 0 radical (unpaired) electrons. The Labute approximate surface area is 133 Å². The number of carbonyl (C=O) groups is 1. The lowest BCUT2D eigenvalue weighted by Gasteiger charge is -2.24. The molecule has 0 aliphatic heterocycles. The van der Waals surface area contributed by atoms with Crippen molar-refractivity contribution in [1.29, 1.82) is 0 Å².